The van der Waals surface area contributed by atoms with Crippen LogP contribution in [0.25, 0.3) is 11.1 Å². The first-order chi connectivity index (χ1) is 17.1. The van der Waals surface area contributed by atoms with Crippen molar-refractivity contribution >= 4 is 5.69 Å². The summed E-state index contributed by atoms with van der Waals surface area (Å²) in [6.07, 6.45) is 5.17. The summed E-state index contributed by atoms with van der Waals surface area (Å²) in [7, 11) is 6.91. The fourth-order valence-electron chi connectivity index (χ4n) is 7.58. The normalized spacial score (nSPS) is 26.0. The number of nitrogens with one attached hydrogen (secondary N) is 1. The number of aryl methyl sites for hydroxylation is 1. The lowest BCUT2D eigenvalue weighted by molar-refractivity contribution is 0.136. The molecule has 1 aliphatic heterocycles. The molecule has 36 heavy (non-hydrogen) atoms. The molecule has 0 aromatic heterocycles. The lowest BCUT2D eigenvalue weighted by Crippen LogP contribution is -2.35. The van der Waals surface area contributed by atoms with E-state index in [2.05, 4.69) is 49.2 Å². The SMILES string of the molecule is CNC1CCc2cc(OC)c(OC)c(OC)c2-c2ccc(N3CC4(C)CC3CC(C)(C)C4)c(=O)cc21. The van der Waals surface area contributed by atoms with Crippen molar-refractivity contribution in [2.75, 3.05) is 39.8 Å². The molecule has 1 N–H and O–H groups in total. The minimum absolute atomic E-state index is 0.0521. The first-order valence-electron chi connectivity index (χ1n) is 13.1. The van der Waals surface area contributed by atoms with Crippen LogP contribution in [0.1, 0.15) is 63.6 Å². The third-order valence-electron chi connectivity index (χ3n) is 8.59. The van der Waals surface area contributed by atoms with E-state index in [-0.39, 0.29) is 16.9 Å². The van der Waals surface area contributed by atoms with Crippen LogP contribution < -0.4 is 29.9 Å². The molecular weight excluding hydrogens is 452 g/mol. The standard InChI is InChI=1S/C30H40N2O4/c1-29(2)14-19-15-30(3,16-29)17-32(19)23-11-9-20-21(13-24(23)33)22(31-4)10-8-18-12-25(34-5)27(35-6)28(36-7)26(18)20/h9,11-13,19,22,31H,8,10,14-17H2,1-7H3. The Kier molecular flexibility index (Phi) is 6.22. The fraction of sp³-hybridized carbons (Fsp3) is 0.567. The Morgan fingerprint density at radius 3 is 2.42 bits per heavy atom. The Balaban J connectivity index is 1.72. The molecule has 0 radical (unpaired) electrons. The van der Waals surface area contributed by atoms with Crippen molar-refractivity contribution in [3.05, 3.63) is 45.6 Å². The molecule has 2 aliphatic carbocycles. The van der Waals surface area contributed by atoms with Gasteiger partial charge in [0, 0.05) is 24.2 Å². The highest BCUT2D eigenvalue weighted by Crippen LogP contribution is 2.54. The Bertz CT molecular complexity index is 1240. The summed E-state index contributed by atoms with van der Waals surface area (Å²) in [6, 6.07) is 8.56. The highest BCUT2D eigenvalue weighted by atomic mass is 16.5. The summed E-state index contributed by atoms with van der Waals surface area (Å²) < 4.78 is 17.3. The van der Waals surface area contributed by atoms with Crippen LogP contribution in [0.15, 0.2) is 29.1 Å². The maximum Gasteiger partial charge on any atom is 0.203 e. The lowest BCUT2D eigenvalue weighted by atomic mass is 9.65. The number of benzene rings is 1. The number of nitrogens with zero attached hydrogens (tertiary/aromatic N) is 1. The van der Waals surface area contributed by atoms with Crippen molar-refractivity contribution in [1.29, 1.82) is 0 Å². The summed E-state index contributed by atoms with van der Waals surface area (Å²) >= 11 is 0. The predicted octanol–water partition coefficient (Wildman–Crippen LogP) is 5.35. The molecule has 6 nitrogen and oxygen atoms in total. The molecule has 1 saturated heterocycles. The Morgan fingerprint density at radius 2 is 1.75 bits per heavy atom. The monoisotopic (exact) mass is 492 g/mol. The maximum absolute atomic E-state index is 13.9. The highest BCUT2D eigenvalue weighted by molar-refractivity contribution is 5.83. The quantitative estimate of drug-likeness (QED) is 0.607. The van der Waals surface area contributed by atoms with Crippen molar-refractivity contribution in [3.8, 4) is 28.4 Å². The molecule has 2 fully saturated rings. The van der Waals surface area contributed by atoms with E-state index in [0.717, 1.165) is 60.2 Å². The number of methoxy groups -OCH3 is 3. The molecule has 2 bridgehead atoms. The first kappa shape index (κ1) is 24.9. The van der Waals surface area contributed by atoms with Crippen molar-refractivity contribution < 1.29 is 14.2 Å². The molecule has 1 heterocycles. The van der Waals surface area contributed by atoms with Crippen LogP contribution in [0.3, 0.4) is 0 Å². The summed E-state index contributed by atoms with van der Waals surface area (Å²) in [5, 5.41) is 3.46. The van der Waals surface area contributed by atoms with Crippen LogP contribution in [0.5, 0.6) is 17.2 Å². The lowest BCUT2D eigenvalue weighted by Gasteiger charge is -2.39. The second-order valence-corrected chi connectivity index (χ2v) is 12.0. The zero-order chi connectivity index (χ0) is 25.8. The zero-order valence-electron chi connectivity index (χ0n) is 22.8. The minimum atomic E-state index is 0.0521. The maximum atomic E-state index is 13.9. The number of rotatable bonds is 5. The van der Waals surface area contributed by atoms with E-state index in [1.54, 1.807) is 21.3 Å². The van der Waals surface area contributed by atoms with E-state index in [1.165, 1.54) is 6.42 Å². The van der Waals surface area contributed by atoms with Gasteiger partial charge in [-0.25, -0.2) is 0 Å². The number of fused-ring (bicyclic) bond motifs is 5. The molecule has 1 saturated carbocycles. The highest BCUT2D eigenvalue weighted by Gasteiger charge is 2.50. The molecule has 2 aromatic rings. The van der Waals surface area contributed by atoms with Gasteiger partial charge in [-0.2, -0.15) is 0 Å². The van der Waals surface area contributed by atoms with Crippen molar-refractivity contribution in [1.82, 2.24) is 5.32 Å². The molecule has 5 rings (SSSR count). The fourth-order valence-corrected chi connectivity index (χ4v) is 7.58. The molecule has 3 aliphatic rings. The van der Waals surface area contributed by atoms with E-state index in [9.17, 15) is 4.79 Å². The van der Waals surface area contributed by atoms with E-state index in [1.807, 2.05) is 13.1 Å². The average Bonchev–Trinajstić information content (AvgIpc) is 2.93. The number of hydrogen-bond acceptors (Lipinski definition) is 6. The molecule has 2 aromatic carbocycles. The third-order valence-corrected chi connectivity index (χ3v) is 8.59. The Hall–Kier alpha value is -2.73. The first-order valence-corrected chi connectivity index (χ1v) is 13.1. The molecule has 3 unspecified atom stereocenters. The van der Waals surface area contributed by atoms with Crippen LogP contribution in [-0.2, 0) is 6.42 Å². The Labute approximate surface area is 214 Å². The summed E-state index contributed by atoms with van der Waals surface area (Å²) in [5.74, 6) is 1.88. The molecule has 6 heteroatoms. The van der Waals surface area contributed by atoms with Crippen molar-refractivity contribution in [2.45, 2.75) is 65.0 Å². The van der Waals surface area contributed by atoms with E-state index < -0.39 is 0 Å². The Morgan fingerprint density at radius 1 is 1.00 bits per heavy atom. The van der Waals surface area contributed by atoms with E-state index in [0.29, 0.717) is 28.7 Å². The predicted molar refractivity (Wildman–Crippen MR) is 145 cm³/mol. The average molecular weight is 493 g/mol. The van der Waals surface area contributed by atoms with Crippen molar-refractivity contribution in [3.63, 3.8) is 0 Å². The summed E-state index contributed by atoms with van der Waals surface area (Å²) in [6.45, 7) is 8.07. The van der Waals surface area contributed by atoms with Crippen LogP contribution in [0.2, 0.25) is 0 Å². The van der Waals surface area contributed by atoms with Crippen LogP contribution in [0.4, 0.5) is 5.69 Å². The number of anilines is 1. The third kappa shape index (κ3) is 4.03. The van der Waals surface area contributed by atoms with Gasteiger partial charge in [0.15, 0.2) is 11.5 Å². The van der Waals surface area contributed by atoms with Crippen LogP contribution >= 0.6 is 0 Å². The van der Waals surface area contributed by atoms with Crippen LogP contribution in [-0.4, -0.2) is 41.0 Å². The van der Waals surface area contributed by atoms with E-state index >= 15 is 0 Å². The second kappa shape index (κ2) is 8.98. The van der Waals surface area contributed by atoms with Crippen LogP contribution in [0, 0.1) is 10.8 Å². The van der Waals surface area contributed by atoms with Gasteiger partial charge in [0.2, 0.25) is 11.2 Å². The molecule has 0 amide bonds. The van der Waals surface area contributed by atoms with Gasteiger partial charge in [-0.3, -0.25) is 4.79 Å². The minimum Gasteiger partial charge on any atom is -0.493 e. The van der Waals surface area contributed by atoms with Gasteiger partial charge in [-0.1, -0.05) is 26.8 Å². The number of ether oxygens (including phenoxy) is 3. The second-order valence-electron chi connectivity index (χ2n) is 12.0. The van der Waals surface area contributed by atoms with Gasteiger partial charge in [0.05, 0.1) is 27.0 Å². The number of hydrogen-bond donors (Lipinski definition) is 1. The zero-order valence-corrected chi connectivity index (χ0v) is 22.8. The molecule has 0 spiro atoms. The van der Waals surface area contributed by atoms with Gasteiger partial charge in [0.25, 0.3) is 0 Å². The van der Waals surface area contributed by atoms with Gasteiger partial charge in [-0.05, 0) is 84.9 Å². The molecular formula is C30H40N2O4. The largest absolute Gasteiger partial charge is 0.493 e. The van der Waals surface area contributed by atoms with Gasteiger partial charge in [0.1, 0.15) is 0 Å². The molecule has 3 atom stereocenters. The van der Waals surface area contributed by atoms with Gasteiger partial charge in [-0.15, -0.1) is 0 Å². The smallest absolute Gasteiger partial charge is 0.203 e. The van der Waals surface area contributed by atoms with Gasteiger partial charge >= 0.3 is 0 Å². The summed E-state index contributed by atoms with van der Waals surface area (Å²) in [4.78, 5) is 16.3. The summed E-state index contributed by atoms with van der Waals surface area (Å²) in [5.41, 5.74) is 5.58. The van der Waals surface area contributed by atoms with Crippen molar-refractivity contribution in [2.24, 2.45) is 10.8 Å². The van der Waals surface area contributed by atoms with E-state index in [4.69, 9.17) is 14.2 Å². The molecule has 194 valence electrons. The van der Waals surface area contributed by atoms with Gasteiger partial charge < -0.3 is 24.4 Å². The topological polar surface area (TPSA) is 60.0 Å².